The van der Waals surface area contributed by atoms with Crippen LogP contribution in [0.5, 0.6) is 0 Å². The Morgan fingerprint density at radius 1 is 0.308 bits per heavy atom. The Labute approximate surface area is 183 Å². The molecule has 2 radical (unpaired) electrons. The van der Waals surface area contributed by atoms with Crippen LogP contribution in [0.2, 0.25) is 26.6 Å². The Morgan fingerprint density at radius 2 is 0.423 bits per heavy atom. The number of hydrogen-bond acceptors (Lipinski definition) is 0. The summed E-state index contributed by atoms with van der Waals surface area (Å²) >= 11 is -1.95. The zero-order chi connectivity index (χ0) is 20.9. The van der Waals surface area contributed by atoms with Gasteiger partial charge in [0.25, 0.3) is 0 Å². The van der Waals surface area contributed by atoms with Crippen molar-refractivity contribution < 1.29 is 0 Å². The second-order valence-corrected chi connectivity index (χ2v) is 26.6. The van der Waals surface area contributed by atoms with Gasteiger partial charge in [0.15, 0.2) is 0 Å². The van der Waals surface area contributed by atoms with E-state index in [1.807, 2.05) is 0 Å². The molecule has 0 atom stereocenters. The van der Waals surface area contributed by atoms with Crippen LogP contribution in [0.3, 0.4) is 0 Å². The average Bonchev–Trinajstić information content (AvgIpc) is 2.33. The van der Waals surface area contributed by atoms with E-state index in [9.17, 15) is 0 Å². The van der Waals surface area contributed by atoms with Crippen LogP contribution in [0.1, 0.15) is 83.1 Å². The van der Waals surface area contributed by atoms with E-state index in [-0.39, 0.29) is 0 Å². The monoisotopic (exact) mass is 582 g/mol. The van der Waals surface area contributed by atoms with Crippen LogP contribution >= 0.6 is 0 Å². The van der Waals surface area contributed by atoms with Crippen molar-refractivity contribution in [3.8, 4) is 0 Å². The molecule has 0 heterocycles. The summed E-state index contributed by atoms with van der Waals surface area (Å²) in [5, 5.41) is 0. The second kappa shape index (κ2) is 17.5. The number of rotatable bonds is 12. The third-order valence-corrected chi connectivity index (χ3v) is 28.1. The van der Waals surface area contributed by atoms with Crippen LogP contribution in [-0.2, 0) is 0 Å². The molecular weight excluding hydrogens is 526 g/mol. The third kappa shape index (κ3) is 23.6. The molecule has 0 rings (SSSR count). The Bertz CT molecular complexity index is 215. The molecule has 0 unspecified atom stereocenters. The zero-order valence-electron chi connectivity index (χ0n) is 20.7. The first-order chi connectivity index (χ1) is 11.8. The van der Waals surface area contributed by atoms with Gasteiger partial charge in [-0.3, -0.25) is 0 Å². The number of hydrogen-bond donors (Lipinski definition) is 0. The summed E-state index contributed by atoms with van der Waals surface area (Å²) in [5.74, 6) is 5.70. The minimum atomic E-state index is -0.976. The van der Waals surface area contributed by atoms with Crippen molar-refractivity contribution in [1.29, 1.82) is 0 Å². The summed E-state index contributed by atoms with van der Waals surface area (Å²) in [4.78, 5) is 0. The van der Waals surface area contributed by atoms with E-state index in [0.717, 1.165) is 35.5 Å². The molecule has 26 heavy (non-hydrogen) atoms. The van der Waals surface area contributed by atoms with Crippen molar-refractivity contribution in [2.45, 2.75) is 110 Å². The molecule has 0 aliphatic rings. The average molecular weight is 580 g/mol. The molecule has 0 saturated heterocycles. The predicted octanol–water partition coefficient (Wildman–Crippen LogP) is 8.90. The van der Waals surface area contributed by atoms with Crippen molar-refractivity contribution in [3.63, 3.8) is 0 Å². The fourth-order valence-corrected chi connectivity index (χ4v) is 26.6. The molecule has 0 N–H and O–H groups in total. The second-order valence-electron chi connectivity index (χ2n) is 11.1. The predicted molar refractivity (Wildman–Crippen MR) is 129 cm³/mol. The molecule has 0 fully saturated rings. The van der Waals surface area contributed by atoms with Gasteiger partial charge in [-0.05, 0) is 0 Å². The van der Waals surface area contributed by atoms with Crippen molar-refractivity contribution in [1.82, 2.24) is 0 Å². The summed E-state index contributed by atoms with van der Waals surface area (Å²) in [7, 11) is 0. The molecule has 0 aromatic heterocycles. The van der Waals surface area contributed by atoms with Gasteiger partial charge in [0, 0.05) is 0 Å². The van der Waals surface area contributed by atoms with Crippen molar-refractivity contribution in [2.75, 3.05) is 0 Å². The van der Waals surface area contributed by atoms with E-state index in [1.165, 1.54) is 0 Å². The van der Waals surface area contributed by atoms with Gasteiger partial charge in [-0.25, -0.2) is 0 Å². The summed E-state index contributed by atoms with van der Waals surface area (Å²) < 4.78 is 9.66. The maximum atomic E-state index is 2.39. The standard InChI is InChI=1S/6C4H9.2Sn/c6*1-4(2)3;;/h6*4H,1H2,2-3H3;;. The maximum absolute atomic E-state index is 2.39. The first-order valence-corrected chi connectivity index (χ1v) is 23.6. The van der Waals surface area contributed by atoms with Crippen LogP contribution in [0.4, 0.5) is 0 Å². The zero-order valence-corrected chi connectivity index (χ0v) is 26.4. The quantitative estimate of drug-likeness (QED) is 0.203. The molecule has 0 aliphatic heterocycles. The molecule has 0 aromatic rings. The van der Waals surface area contributed by atoms with Gasteiger partial charge in [-0.15, -0.1) is 0 Å². The SMILES string of the molecule is CC(C)[CH2][Sn]([CH2]C(C)C)[CH2]C(C)C.CC(C)[CH2][Sn]([CH2]C(C)C)[CH2]C(C)C. The van der Waals surface area contributed by atoms with Gasteiger partial charge in [0.05, 0.1) is 0 Å². The summed E-state index contributed by atoms with van der Waals surface area (Å²) in [6.07, 6.45) is 0. The molecule has 0 amide bonds. The van der Waals surface area contributed by atoms with Gasteiger partial charge in [0.2, 0.25) is 0 Å². The molecule has 0 bridgehead atoms. The molecule has 2 heteroatoms. The van der Waals surface area contributed by atoms with Gasteiger partial charge in [0.1, 0.15) is 0 Å². The van der Waals surface area contributed by atoms with Gasteiger partial charge < -0.3 is 0 Å². The summed E-state index contributed by atoms with van der Waals surface area (Å²) in [6, 6.07) is 0. The van der Waals surface area contributed by atoms with Crippen molar-refractivity contribution in [2.24, 2.45) is 35.5 Å². The Morgan fingerprint density at radius 3 is 0.500 bits per heavy atom. The van der Waals surface area contributed by atoms with Crippen LogP contribution < -0.4 is 0 Å². The molecule has 158 valence electrons. The Kier molecular flexibility index (Phi) is 20.0. The van der Waals surface area contributed by atoms with Gasteiger partial charge >= 0.3 is 185 Å². The van der Waals surface area contributed by atoms with Gasteiger partial charge in [-0.1, -0.05) is 0 Å². The Balaban J connectivity index is 0. The van der Waals surface area contributed by atoms with Crippen LogP contribution in [0.15, 0.2) is 0 Å². The van der Waals surface area contributed by atoms with E-state index in [1.54, 1.807) is 26.6 Å². The fraction of sp³-hybridized carbons (Fsp3) is 1.00. The molecule has 0 aromatic carbocycles. The molecule has 0 spiro atoms. The fourth-order valence-electron chi connectivity index (χ4n) is 3.96. The summed E-state index contributed by atoms with van der Waals surface area (Å²) in [5.41, 5.74) is 0. The van der Waals surface area contributed by atoms with E-state index in [0.29, 0.717) is 0 Å². The third-order valence-electron chi connectivity index (χ3n) is 4.18. The van der Waals surface area contributed by atoms with Crippen molar-refractivity contribution >= 4 is 39.5 Å². The van der Waals surface area contributed by atoms with Crippen LogP contribution in [0.25, 0.3) is 0 Å². The van der Waals surface area contributed by atoms with Crippen LogP contribution in [-0.4, -0.2) is 39.5 Å². The summed E-state index contributed by atoms with van der Waals surface area (Å²) in [6.45, 7) is 28.7. The Hall–Kier alpha value is 1.60. The van der Waals surface area contributed by atoms with E-state index in [4.69, 9.17) is 0 Å². The van der Waals surface area contributed by atoms with E-state index in [2.05, 4.69) is 83.1 Å². The molecule has 0 aliphatic carbocycles. The minimum absolute atomic E-state index is 0.951. The first-order valence-electron chi connectivity index (χ1n) is 11.5. The van der Waals surface area contributed by atoms with E-state index >= 15 is 0 Å². The molecule has 0 nitrogen and oxygen atoms in total. The van der Waals surface area contributed by atoms with E-state index < -0.39 is 39.5 Å². The van der Waals surface area contributed by atoms with Gasteiger partial charge in [-0.2, -0.15) is 0 Å². The normalized spacial score (nSPS) is 12.5. The van der Waals surface area contributed by atoms with Crippen LogP contribution in [0, 0.1) is 35.5 Å². The topological polar surface area (TPSA) is 0 Å². The van der Waals surface area contributed by atoms with Crippen molar-refractivity contribution in [3.05, 3.63) is 0 Å². The molecular formula is C24H54Sn2. The molecule has 0 saturated carbocycles. The first kappa shape index (κ1) is 29.8.